The topological polar surface area (TPSA) is 54.9 Å². The van der Waals surface area contributed by atoms with Gasteiger partial charge in [-0.05, 0) is 25.1 Å². The summed E-state index contributed by atoms with van der Waals surface area (Å²) in [5.41, 5.74) is 1.76. The van der Waals surface area contributed by atoms with Gasteiger partial charge in [-0.15, -0.1) is 11.3 Å². The second-order valence-corrected chi connectivity index (χ2v) is 6.38. The van der Waals surface area contributed by atoms with Crippen molar-refractivity contribution in [3.05, 3.63) is 71.0 Å². The quantitative estimate of drug-likeness (QED) is 0.752. The third kappa shape index (κ3) is 4.24. The molecule has 1 atom stereocenters. The SMILES string of the molecule is CC(NC(=O)Cc1csc(-c2cccnc2)n1)c1ccc(F)cc1F. The van der Waals surface area contributed by atoms with Crippen LogP contribution in [0.2, 0.25) is 0 Å². The predicted octanol–water partition coefficient (Wildman–Crippen LogP) is 3.90. The van der Waals surface area contributed by atoms with E-state index in [1.807, 2.05) is 17.5 Å². The number of nitrogens with zero attached hydrogens (tertiary/aromatic N) is 2. The summed E-state index contributed by atoms with van der Waals surface area (Å²) >= 11 is 1.43. The van der Waals surface area contributed by atoms with Gasteiger partial charge in [-0.25, -0.2) is 13.8 Å². The molecule has 1 aromatic carbocycles. The lowest BCUT2D eigenvalue weighted by atomic mass is 10.1. The van der Waals surface area contributed by atoms with E-state index >= 15 is 0 Å². The molecule has 2 heterocycles. The normalized spacial score (nSPS) is 12.0. The van der Waals surface area contributed by atoms with Gasteiger partial charge in [0.15, 0.2) is 0 Å². The Balaban J connectivity index is 1.64. The van der Waals surface area contributed by atoms with Crippen LogP contribution in [0.3, 0.4) is 0 Å². The maximum absolute atomic E-state index is 13.8. The summed E-state index contributed by atoms with van der Waals surface area (Å²) in [6.07, 6.45) is 3.48. The lowest BCUT2D eigenvalue weighted by Gasteiger charge is -2.14. The molecule has 0 spiro atoms. The van der Waals surface area contributed by atoms with Crippen LogP contribution in [0, 0.1) is 11.6 Å². The first-order valence-electron chi connectivity index (χ1n) is 7.62. The number of carbonyl (C=O) groups excluding carboxylic acids is 1. The van der Waals surface area contributed by atoms with Gasteiger partial charge < -0.3 is 5.32 Å². The standard InChI is InChI=1S/C18H15F2N3OS/c1-11(15-5-4-13(19)7-16(15)20)22-17(24)8-14-10-25-18(23-14)12-3-2-6-21-9-12/h2-7,9-11H,8H2,1H3,(H,22,24). The van der Waals surface area contributed by atoms with Gasteiger partial charge in [-0.2, -0.15) is 0 Å². The van der Waals surface area contributed by atoms with Crippen LogP contribution in [-0.4, -0.2) is 15.9 Å². The summed E-state index contributed by atoms with van der Waals surface area (Å²) in [6, 6.07) is 6.46. The summed E-state index contributed by atoms with van der Waals surface area (Å²) in [5, 5.41) is 5.30. The monoisotopic (exact) mass is 359 g/mol. The Morgan fingerprint density at radius 1 is 1.32 bits per heavy atom. The average Bonchev–Trinajstić information content (AvgIpc) is 3.03. The van der Waals surface area contributed by atoms with Crippen LogP contribution >= 0.6 is 11.3 Å². The van der Waals surface area contributed by atoms with E-state index in [4.69, 9.17) is 0 Å². The van der Waals surface area contributed by atoms with Crippen LogP contribution in [0.25, 0.3) is 10.6 Å². The molecule has 0 aliphatic carbocycles. The van der Waals surface area contributed by atoms with Crippen molar-refractivity contribution in [3.8, 4) is 10.6 Å². The van der Waals surface area contributed by atoms with Crippen LogP contribution in [0.5, 0.6) is 0 Å². The van der Waals surface area contributed by atoms with Crippen LogP contribution in [-0.2, 0) is 11.2 Å². The predicted molar refractivity (Wildman–Crippen MR) is 92.0 cm³/mol. The Bertz CT molecular complexity index is 883. The molecule has 1 amide bonds. The van der Waals surface area contributed by atoms with Crippen molar-refractivity contribution in [1.29, 1.82) is 0 Å². The van der Waals surface area contributed by atoms with Crippen molar-refractivity contribution < 1.29 is 13.6 Å². The van der Waals surface area contributed by atoms with Crippen molar-refractivity contribution in [1.82, 2.24) is 15.3 Å². The van der Waals surface area contributed by atoms with E-state index in [1.54, 1.807) is 19.3 Å². The highest BCUT2D eigenvalue weighted by Gasteiger charge is 2.15. The van der Waals surface area contributed by atoms with Crippen molar-refractivity contribution in [2.24, 2.45) is 0 Å². The Hall–Kier alpha value is -2.67. The zero-order valence-corrected chi connectivity index (χ0v) is 14.2. The van der Waals surface area contributed by atoms with E-state index in [2.05, 4.69) is 15.3 Å². The summed E-state index contributed by atoms with van der Waals surface area (Å²) in [7, 11) is 0. The molecule has 1 unspecified atom stereocenters. The van der Waals surface area contributed by atoms with E-state index in [9.17, 15) is 13.6 Å². The minimum Gasteiger partial charge on any atom is -0.349 e. The Morgan fingerprint density at radius 3 is 2.88 bits per heavy atom. The third-order valence-electron chi connectivity index (χ3n) is 3.61. The van der Waals surface area contributed by atoms with Gasteiger partial charge >= 0.3 is 0 Å². The number of thiazole rings is 1. The van der Waals surface area contributed by atoms with Gasteiger partial charge in [0.05, 0.1) is 18.2 Å². The first-order valence-corrected chi connectivity index (χ1v) is 8.50. The number of amides is 1. The summed E-state index contributed by atoms with van der Waals surface area (Å²) in [5.74, 6) is -1.61. The van der Waals surface area contributed by atoms with Crippen LogP contribution in [0.1, 0.15) is 24.2 Å². The van der Waals surface area contributed by atoms with Crippen LogP contribution in [0.4, 0.5) is 8.78 Å². The molecular weight excluding hydrogens is 344 g/mol. The summed E-state index contributed by atoms with van der Waals surface area (Å²) in [4.78, 5) is 20.6. The number of nitrogens with one attached hydrogen (secondary N) is 1. The highest BCUT2D eigenvalue weighted by Crippen LogP contribution is 2.23. The molecule has 128 valence electrons. The maximum atomic E-state index is 13.8. The van der Waals surface area contributed by atoms with E-state index in [0.29, 0.717) is 5.69 Å². The van der Waals surface area contributed by atoms with Crippen LogP contribution in [0.15, 0.2) is 48.1 Å². The fraction of sp³-hybridized carbons (Fsp3) is 0.167. The van der Waals surface area contributed by atoms with Crippen molar-refractivity contribution in [2.45, 2.75) is 19.4 Å². The fourth-order valence-electron chi connectivity index (χ4n) is 2.40. The summed E-state index contributed by atoms with van der Waals surface area (Å²) < 4.78 is 26.7. The second kappa shape index (κ2) is 7.48. The van der Waals surface area contributed by atoms with Crippen molar-refractivity contribution in [3.63, 3.8) is 0 Å². The van der Waals surface area contributed by atoms with Crippen molar-refractivity contribution in [2.75, 3.05) is 0 Å². The van der Waals surface area contributed by atoms with E-state index in [1.165, 1.54) is 23.5 Å². The zero-order chi connectivity index (χ0) is 17.8. The van der Waals surface area contributed by atoms with Gasteiger partial charge in [0.2, 0.25) is 5.91 Å². The first-order chi connectivity index (χ1) is 12.0. The highest BCUT2D eigenvalue weighted by atomic mass is 32.1. The number of halogens is 2. The van der Waals surface area contributed by atoms with Gasteiger partial charge in [-0.1, -0.05) is 6.07 Å². The molecule has 0 saturated heterocycles. The maximum Gasteiger partial charge on any atom is 0.226 e. The molecule has 2 aromatic heterocycles. The molecule has 7 heteroatoms. The van der Waals surface area contributed by atoms with Gasteiger partial charge in [0, 0.05) is 35.0 Å². The smallest absolute Gasteiger partial charge is 0.226 e. The van der Waals surface area contributed by atoms with E-state index < -0.39 is 17.7 Å². The highest BCUT2D eigenvalue weighted by molar-refractivity contribution is 7.13. The number of rotatable bonds is 5. The summed E-state index contributed by atoms with van der Waals surface area (Å²) in [6.45, 7) is 1.65. The lowest BCUT2D eigenvalue weighted by Crippen LogP contribution is -2.28. The second-order valence-electron chi connectivity index (χ2n) is 5.52. The molecule has 0 fully saturated rings. The van der Waals surface area contributed by atoms with Gasteiger partial charge in [0.25, 0.3) is 0 Å². The molecule has 3 rings (SSSR count). The Labute approximate surface area is 147 Å². The lowest BCUT2D eigenvalue weighted by molar-refractivity contribution is -0.121. The number of carbonyl (C=O) groups is 1. The van der Waals surface area contributed by atoms with E-state index in [0.717, 1.165) is 16.6 Å². The van der Waals surface area contributed by atoms with E-state index in [-0.39, 0.29) is 17.9 Å². The molecule has 1 N–H and O–H groups in total. The minimum absolute atomic E-state index is 0.0872. The minimum atomic E-state index is -0.680. The molecule has 0 aliphatic rings. The fourth-order valence-corrected chi connectivity index (χ4v) is 3.21. The van der Waals surface area contributed by atoms with Crippen molar-refractivity contribution >= 4 is 17.2 Å². The number of pyridine rings is 1. The zero-order valence-electron chi connectivity index (χ0n) is 13.4. The molecule has 4 nitrogen and oxygen atoms in total. The molecular formula is C18H15F2N3OS. The molecule has 3 aromatic rings. The Kier molecular flexibility index (Phi) is 5.14. The molecule has 25 heavy (non-hydrogen) atoms. The first kappa shape index (κ1) is 17.2. The molecule has 0 saturated carbocycles. The number of hydrogen-bond donors (Lipinski definition) is 1. The average molecular weight is 359 g/mol. The number of aromatic nitrogens is 2. The molecule has 0 radical (unpaired) electrons. The van der Waals surface area contributed by atoms with Gasteiger partial charge in [0.1, 0.15) is 16.6 Å². The molecule has 0 bridgehead atoms. The number of hydrogen-bond acceptors (Lipinski definition) is 4. The van der Waals surface area contributed by atoms with Gasteiger partial charge in [-0.3, -0.25) is 9.78 Å². The number of benzene rings is 1. The Morgan fingerprint density at radius 2 is 2.16 bits per heavy atom. The largest absolute Gasteiger partial charge is 0.349 e. The third-order valence-corrected chi connectivity index (χ3v) is 4.55. The van der Waals surface area contributed by atoms with Crippen LogP contribution < -0.4 is 5.32 Å². The molecule has 0 aliphatic heterocycles.